The van der Waals surface area contributed by atoms with E-state index in [1.54, 1.807) is 22.6 Å². The molecule has 0 spiro atoms. The molecule has 0 aliphatic carbocycles. The van der Waals surface area contributed by atoms with Gasteiger partial charge in [-0.3, -0.25) is 4.79 Å². The highest BCUT2D eigenvalue weighted by Crippen LogP contribution is 2.01. The number of terminal acetylenes is 1. The van der Waals surface area contributed by atoms with Gasteiger partial charge in [0.1, 0.15) is 13.2 Å². The van der Waals surface area contributed by atoms with Crippen molar-refractivity contribution in [3.05, 3.63) is 35.9 Å². The van der Waals surface area contributed by atoms with Crippen LogP contribution in [0, 0.1) is 12.3 Å². The summed E-state index contributed by atoms with van der Waals surface area (Å²) in [5, 5.41) is 2.27. The average molecular weight is 373 g/mol. The van der Waals surface area contributed by atoms with E-state index in [9.17, 15) is 9.59 Å². The Hall–Kier alpha value is -1.75. The smallest absolute Gasteiger partial charge is 0.407 e. The third-order valence-electron chi connectivity index (χ3n) is 1.96. The van der Waals surface area contributed by atoms with Gasteiger partial charge in [0.2, 0.25) is 4.11 Å². The van der Waals surface area contributed by atoms with Crippen LogP contribution >= 0.6 is 22.6 Å². The van der Waals surface area contributed by atoms with E-state index in [4.69, 9.17) is 15.9 Å². The minimum atomic E-state index is -0.688. The van der Waals surface area contributed by atoms with E-state index in [-0.39, 0.29) is 13.2 Å². The van der Waals surface area contributed by atoms with Gasteiger partial charge in [0.15, 0.2) is 0 Å². The topological polar surface area (TPSA) is 64.6 Å². The molecule has 0 aliphatic rings. The molecule has 1 unspecified atom stereocenters. The highest BCUT2D eigenvalue weighted by atomic mass is 127. The summed E-state index contributed by atoms with van der Waals surface area (Å²) >= 11 is 1.78. The van der Waals surface area contributed by atoms with Gasteiger partial charge in [-0.15, -0.1) is 6.42 Å². The van der Waals surface area contributed by atoms with Crippen LogP contribution in [0.25, 0.3) is 0 Å². The number of nitrogens with one attached hydrogen (secondary N) is 1. The molecule has 0 aromatic heterocycles. The largest absolute Gasteiger partial charge is 0.445 e. The zero-order valence-electron chi connectivity index (χ0n) is 9.97. The molecular weight excluding hydrogens is 361 g/mol. The molecule has 1 aromatic rings. The lowest BCUT2D eigenvalue weighted by Crippen LogP contribution is -2.31. The van der Waals surface area contributed by atoms with E-state index in [2.05, 4.69) is 11.2 Å². The van der Waals surface area contributed by atoms with Crippen LogP contribution in [-0.4, -0.2) is 22.7 Å². The Kier molecular flexibility index (Phi) is 6.74. The highest BCUT2D eigenvalue weighted by Gasteiger charge is 2.10. The Morgan fingerprint density at radius 2 is 2.05 bits per heavy atom. The first-order valence-electron chi connectivity index (χ1n) is 5.36. The molecule has 5 nitrogen and oxygen atoms in total. The van der Waals surface area contributed by atoms with Gasteiger partial charge in [-0.25, -0.2) is 4.79 Å². The van der Waals surface area contributed by atoms with Crippen LogP contribution in [0.4, 0.5) is 4.79 Å². The first-order chi connectivity index (χ1) is 9.11. The summed E-state index contributed by atoms with van der Waals surface area (Å²) in [4.78, 5) is 22.5. The van der Waals surface area contributed by atoms with E-state index in [1.807, 2.05) is 30.3 Å². The number of benzene rings is 1. The third kappa shape index (κ3) is 6.67. The third-order valence-corrected chi connectivity index (χ3v) is 2.57. The molecular formula is C13H12INO4. The molecule has 0 radical (unpaired) electrons. The molecule has 0 saturated carbocycles. The predicted octanol–water partition coefficient (Wildman–Crippen LogP) is 1.85. The highest BCUT2D eigenvalue weighted by molar-refractivity contribution is 14.1. The SMILES string of the molecule is C#CC(I)OC(=O)CNC(=O)OCc1ccccc1. The fourth-order valence-electron chi connectivity index (χ4n) is 1.11. The van der Waals surface area contributed by atoms with Crippen molar-refractivity contribution in [2.24, 2.45) is 0 Å². The number of rotatable bonds is 5. The Morgan fingerprint density at radius 3 is 2.68 bits per heavy atom. The second kappa shape index (κ2) is 8.37. The lowest BCUT2D eigenvalue weighted by Gasteiger charge is -2.08. The minimum Gasteiger partial charge on any atom is -0.445 e. The summed E-state index contributed by atoms with van der Waals surface area (Å²) < 4.78 is 9.02. The lowest BCUT2D eigenvalue weighted by atomic mass is 10.2. The van der Waals surface area contributed by atoms with Crippen LogP contribution in [0.15, 0.2) is 30.3 Å². The summed E-state index contributed by atoms with van der Waals surface area (Å²) in [6, 6.07) is 9.21. The predicted molar refractivity (Wildman–Crippen MR) is 77.4 cm³/mol. The molecule has 0 bridgehead atoms. The zero-order chi connectivity index (χ0) is 14.1. The number of ether oxygens (including phenoxy) is 2. The standard InChI is InChI=1S/C13H12INO4/c1-2-11(14)19-12(16)8-15-13(17)18-9-10-6-4-3-5-7-10/h1,3-7,11H,8-9H2,(H,15,17). The Balaban J connectivity index is 2.22. The van der Waals surface area contributed by atoms with Gasteiger partial charge < -0.3 is 14.8 Å². The molecule has 100 valence electrons. The number of hydrogen-bond acceptors (Lipinski definition) is 4. The number of carbonyl (C=O) groups is 2. The van der Waals surface area contributed by atoms with Crippen molar-refractivity contribution in [1.29, 1.82) is 0 Å². The van der Waals surface area contributed by atoms with Crippen LogP contribution < -0.4 is 5.32 Å². The maximum Gasteiger partial charge on any atom is 0.407 e. The van der Waals surface area contributed by atoms with Crippen molar-refractivity contribution in [3.63, 3.8) is 0 Å². The van der Waals surface area contributed by atoms with Gasteiger partial charge in [-0.2, -0.15) is 0 Å². The van der Waals surface area contributed by atoms with Gasteiger partial charge in [-0.05, 0) is 28.2 Å². The van der Waals surface area contributed by atoms with Crippen LogP contribution in [0.5, 0.6) is 0 Å². The van der Waals surface area contributed by atoms with Crippen molar-refractivity contribution in [2.45, 2.75) is 10.7 Å². The molecule has 1 N–H and O–H groups in total. The quantitative estimate of drug-likeness (QED) is 0.370. The zero-order valence-corrected chi connectivity index (χ0v) is 12.1. The molecule has 0 heterocycles. The summed E-state index contributed by atoms with van der Waals surface area (Å²) in [6.45, 7) is -0.143. The molecule has 0 saturated heterocycles. The summed E-state index contributed by atoms with van der Waals surface area (Å²) in [6.07, 6.45) is 4.35. The van der Waals surface area contributed by atoms with E-state index < -0.39 is 16.2 Å². The minimum absolute atomic E-state index is 0.140. The molecule has 1 amide bonds. The number of alkyl halides is 1. The van der Waals surface area contributed by atoms with Crippen molar-refractivity contribution in [2.75, 3.05) is 6.54 Å². The van der Waals surface area contributed by atoms with Crippen molar-refractivity contribution >= 4 is 34.7 Å². The Morgan fingerprint density at radius 1 is 1.37 bits per heavy atom. The monoisotopic (exact) mass is 373 g/mol. The van der Waals surface area contributed by atoms with Gasteiger partial charge in [0.05, 0.1) is 0 Å². The second-order valence-electron chi connectivity index (χ2n) is 3.39. The summed E-state index contributed by atoms with van der Waals surface area (Å²) in [5.74, 6) is 1.61. The van der Waals surface area contributed by atoms with E-state index in [1.165, 1.54) is 0 Å². The Bertz CT molecular complexity index is 469. The Labute approximate surface area is 124 Å². The number of alkyl carbamates (subject to hydrolysis) is 1. The first kappa shape index (κ1) is 15.3. The normalized spacial score (nSPS) is 10.9. The van der Waals surface area contributed by atoms with Gasteiger partial charge in [-0.1, -0.05) is 36.3 Å². The summed E-state index contributed by atoms with van der Waals surface area (Å²) in [7, 11) is 0. The summed E-state index contributed by atoms with van der Waals surface area (Å²) in [5.41, 5.74) is 0.861. The van der Waals surface area contributed by atoms with Crippen LogP contribution in [0.3, 0.4) is 0 Å². The number of hydrogen-bond donors (Lipinski definition) is 1. The molecule has 1 atom stereocenters. The first-order valence-corrected chi connectivity index (χ1v) is 6.60. The van der Waals surface area contributed by atoms with Crippen molar-refractivity contribution < 1.29 is 19.1 Å². The van der Waals surface area contributed by atoms with Crippen molar-refractivity contribution in [3.8, 4) is 12.3 Å². The second-order valence-corrected chi connectivity index (χ2v) is 4.52. The molecule has 0 aliphatic heterocycles. The van der Waals surface area contributed by atoms with Crippen molar-refractivity contribution in [1.82, 2.24) is 5.32 Å². The number of amides is 1. The molecule has 6 heteroatoms. The maximum absolute atomic E-state index is 11.3. The maximum atomic E-state index is 11.3. The molecule has 0 fully saturated rings. The molecule has 1 aromatic carbocycles. The fourth-order valence-corrected chi connectivity index (χ4v) is 1.39. The van der Waals surface area contributed by atoms with E-state index in [0.717, 1.165) is 5.56 Å². The average Bonchev–Trinajstić information content (AvgIpc) is 2.43. The fraction of sp³-hybridized carbons (Fsp3) is 0.231. The van der Waals surface area contributed by atoms with E-state index >= 15 is 0 Å². The number of carbonyl (C=O) groups excluding carboxylic acids is 2. The molecule has 1 rings (SSSR count). The van der Waals surface area contributed by atoms with E-state index in [0.29, 0.717) is 0 Å². The van der Waals surface area contributed by atoms with Crippen LogP contribution in [0.2, 0.25) is 0 Å². The van der Waals surface area contributed by atoms with Gasteiger partial charge in [0, 0.05) is 0 Å². The van der Waals surface area contributed by atoms with Gasteiger partial charge >= 0.3 is 12.1 Å². The lowest BCUT2D eigenvalue weighted by molar-refractivity contribution is -0.141. The number of halogens is 1. The van der Waals surface area contributed by atoms with Gasteiger partial charge in [0.25, 0.3) is 0 Å². The molecule has 19 heavy (non-hydrogen) atoms. The van der Waals surface area contributed by atoms with Crippen LogP contribution in [-0.2, 0) is 20.9 Å². The van der Waals surface area contributed by atoms with Crippen LogP contribution in [0.1, 0.15) is 5.56 Å². The number of esters is 1.